The maximum Gasteiger partial charge on any atom is 0.416 e. The summed E-state index contributed by atoms with van der Waals surface area (Å²) in [6, 6.07) is 8.06. The number of halogens is 3. The Labute approximate surface area is 131 Å². The summed E-state index contributed by atoms with van der Waals surface area (Å²) in [5.74, 6) is -0.196. The molecule has 0 atom stereocenters. The molecule has 1 N–H and O–H groups in total. The van der Waals surface area contributed by atoms with Crippen LogP contribution in [-0.4, -0.2) is 17.6 Å². The lowest BCUT2D eigenvalue weighted by atomic mass is 10.1. The third-order valence-electron chi connectivity index (χ3n) is 3.20. The standard InChI is InChI=1S/C17H14F3NO2/c1-11-5-13(16(23)14(6-11)10-22)9-21-8-12-3-2-4-15(7-12)17(18,19)20/h2-7,9-10,23H,8H2,1H3. The molecule has 0 spiro atoms. The van der Waals surface area contributed by atoms with Gasteiger partial charge in [0.05, 0.1) is 17.7 Å². The van der Waals surface area contributed by atoms with Gasteiger partial charge in [-0.15, -0.1) is 0 Å². The number of aldehydes is 1. The minimum absolute atomic E-state index is 0.0354. The summed E-state index contributed by atoms with van der Waals surface area (Å²) in [5, 5.41) is 9.89. The third-order valence-corrected chi connectivity index (χ3v) is 3.20. The van der Waals surface area contributed by atoms with E-state index < -0.39 is 11.7 Å². The molecule has 23 heavy (non-hydrogen) atoms. The van der Waals surface area contributed by atoms with Crippen molar-refractivity contribution in [3.63, 3.8) is 0 Å². The molecule has 0 amide bonds. The van der Waals surface area contributed by atoms with Gasteiger partial charge in [-0.3, -0.25) is 9.79 Å². The first kappa shape index (κ1) is 16.7. The van der Waals surface area contributed by atoms with Crippen LogP contribution in [0, 0.1) is 6.92 Å². The maximum atomic E-state index is 12.6. The van der Waals surface area contributed by atoms with Crippen molar-refractivity contribution in [3.8, 4) is 5.75 Å². The number of aliphatic imine (C=N–C) groups is 1. The molecule has 0 radical (unpaired) electrons. The number of phenols is 1. The van der Waals surface area contributed by atoms with Gasteiger partial charge in [-0.1, -0.05) is 12.1 Å². The molecule has 0 bridgehead atoms. The Morgan fingerprint density at radius 3 is 2.52 bits per heavy atom. The smallest absolute Gasteiger partial charge is 0.416 e. The molecule has 2 aromatic carbocycles. The van der Waals surface area contributed by atoms with Crippen LogP contribution in [-0.2, 0) is 12.7 Å². The summed E-state index contributed by atoms with van der Waals surface area (Å²) in [7, 11) is 0. The zero-order valence-corrected chi connectivity index (χ0v) is 12.3. The zero-order valence-electron chi connectivity index (χ0n) is 12.3. The fraction of sp³-hybridized carbons (Fsp3) is 0.176. The minimum atomic E-state index is -4.40. The molecule has 6 heteroatoms. The number of rotatable bonds is 4. The van der Waals surface area contributed by atoms with Crippen molar-refractivity contribution in [2.75, 3.05) is 0 Å². The molecule has 0 saturated carbocycles. The second-order valence-electron chi connectivity index (χ2n) is 5.08. The van der Waals surface area contributed by atoms with Gasteiger partial charge in [-0.2, -0.15) is 13.2 Å². The van der Waals surface area contributed by atoms with Gasteiger partial charge in [0.2, 0.25) is 0 Å². The van der Waals surface area contributed by atoms with E-state index in [1.165, 1.54) is 18.3 Å². The van der Waals surface area contributed by atoms with Crippen LogP contribution in [0.25, 0.3) is 0 Å². The molecule has 0 unspecified atom stereocenters. The average Bonchev–Trinajstić information content (AvgIpc) is 2.49. The summed E-state index contributed by atoms with van der Waals surface area (Å²) < 4.78 is 37.9. The molecule has 0 saturated heterocycles. The Bertz CT molecular complexity index is 752. The highest BCUT2D eigenvalue weighted by Gasteiger charge is 2.30. The number of benzene rings is 2. The Morgan fingerprint density at radius 1 is 1.17 bits per heavy atom. The Morgan fingerprint density at radius 2 is 1.87 bits per heavy atom. The number of hydrogen-bond acceptors (Lipinski definition) is 3. The highest BCUT2D eigenvalue weighted by atomic mass is 19.4. The summed E-state index contributed by atoms with van der Waals surface area (Å²) in [6.45, 7) is 1.80. The molecular formula is C17H14F3NO2. The van der Waals surface area contributed by atoms with E-state index in [0.717, 1.165) is 17.7 Å². The molecule has 0 aliphatic heterocycles. The number of aromatic hydroxyl groups is 1. The fourth-order valence-electron chi connectivity index (χ4n) is 2.12. The van der Waals surface area contributed by atoms with E-state index >= 15 is 0 Å². The lowest BCUT2D eigenvalue weighted by molar-refractivity contribution is -0.137. The SMILES string of the molecule is Cc1cc(C=O)c(O)c(C=NCc2cccc(C(F)(F)F)c2)c1. The number of nitrogens with zero attached hydrogens (tertiary/aromatic N) is 1. The predicted octanol–water partition coefficient (Wildman–Crippen LogP) is 4.15. The Balaban J connectivity index is 2.20. The number of phenolic OH excluding ortho intramolecular Hbond substituents is 1. The lowest BCUT2D eigenvalue weighted by Gasteiger charge is -2.07. The number of carbonyl (C=O) groups is 1. The molecule has 0 aliphatic rings. The molecule has 0 aromatic heterocycles. The van der Waals surface area contributed by atoms with Crippen LogP contribution in [0.3, 0.4) is 0 Å². The van der Waals surface area contributed by atoms with Gasteiger partial charge in [0, 0.05) is 11.8 Å². The Hall–Kier alpha value is -2.63. The van der Waals surface area contributed by atoms with Crippen molar-refractivity contribution >= 4 is 12.5 Å². The average molecular weight is 321 g/mol. The molecular weight excluding hydrogens is 307 g/mol. The van der Waals surface area contributed by atoms with Crippen molar-refractivity contribution in [2.24, 2.45) is 4.99 Å². The number of carbonyl (C=O) groups excluding carboxylic acids is 1. The first-order valence-electron chi connectivity index (χ1n) is 6.76. The van der Waals surface area contributed by atoms with E-state index in [0.29, 0.717) is 17.4 Å². The van der Waals surface area contributed by atoms with Gasteiger partial charge < -0.3 is 5.11 Å². The van der Waals surface area contributed by atoms with Gasteiger partial charge in [0.1, 0.15) is 5.75 Å². The lowest BCUT2D eigenvalue weighted by Crippen LogP contribution is -2.05. The number of alkyl halides is 3. The summed E-state index contributed by atoms with van der Waals surface area (Å²) in [4.78, 5) is 14.9. The minimum Gasteiger partial charge on any atom is -0.507 e. The van der Waals surface area contributed by atoms with Crippen LogP contribution in [0.5, 0.6) is 5.75 Å². The topological polar surface area (TPSA) is 49.7 Å². The number of hydrogen-bond donors (Lipinski definition) is 1. The highest BCUT2D eigenvalue weighted by molar-refractivity contribution is 5.90. The first-order valence-corrected chi connectivity index (χ1v) is 6.76. The van der Waals surface area contributed by atoms with E-state index in [2.05, 4.69) is 4.99 Å². The van der Waals surface area contributed by atoms with E-state index in [4.69, 9.17) is 0 Å². The zero-order chi connectivity index (χ0) is 17.0. The summed E-state index contributed by atoms with van der Waals surface area (Å²) in [6.07, 6.45) is -2.52. The second kappa shape index (κ2) is 6.64. The molecule has 2 aromatic rings. The van der Waals surface area contributed by atoms with Gasteiger partial charge in [0.25, 0.3) is 0 Å². The van der Waals surface area contributed by atoms with E-state index in [-0.39, 0.29) is 17.9 Å². The van der Waals surface area contributed by atoms with Crippen molar-refractivity contribution in [3.05, 3.63) is 64.2 Å². The largest absolute Gasteiger partial charge is 0.507 e. The highest BCUT2D eigenvalue weighted by Crippen LogP contribution is 2.29. The fourth-order valence-corrected chi connectivity index (χ4v) is 2.12. The van der Waals surface area contributed by atoms with E-state index in [1.807, 2.05) is 0 Å². The molecule has 0 aliphatic carbocycles. The normalized spacial score (nSPS) is 11.8. The second-order valence-corrected chi connectivity index (χ2v) is 5.08. The molecule has 2 rings (SSSR count). The van der Waals surface area contributed by atoms with Gasteiger partial charge in [-0.25, -0.2) is 0 Å². The van der Waals surface area contributed by atoms with Gasteiger partial charge >= 0.3 is 6.18 Å². The summed E-state index contributed by atoms with van der Waals surface area (Å²) in [5.41, 5.74) is 0.931. The van der Waals surface area contributed by atoms with Crippen LogP contribution >= 0.6 is 0 Å². The summed E-state index contributed by atoms with van der Waals surface area (Å²) >= 11 is 0. The van der Waals surface area contributed by atoms with Crippen LogP contribution in [0.2, 0.25) is 0 Å². The molecule has 0 fully saturated rings. The van der Waals surface area contributed by atoms with Crippen LogP contribution < -0.4 is 0 Å². The van der Waals surface area contributed by atoms with Crippen LogP contribution in [0.15, 0.2) is 41.4 Å². The van der Waals surface area contributed by atoms with Crippen molar-refractivity contribution < 1.29 is 23.1 Å². The van der Waals surface area contributed by atoms with Crippen LogP contribution in [0.1, 0.15) is 32.6 Å². The number of aryl methyl sites for hydroxylation is 1. The Kier molecular flexibility index (Phi) is 4.83. The van der Waals surface area contributed by atoms with Crippen molar-refractivity contribution in [2.45, 2.75) is 19.6 Å². The van der Waals surface area contributed by atoms with Gasteiger partial charge in [0.15, 0.2) is 6.29 Å². The van der Waals surface area contributed by atoms with Crippen LogP contribution in [0.4, 0.5) is 13.2 Å². The third kappa shape index (κ3) is 4.18. The maximum absolute atomic E-state index is 12.6. The quantitative estimate of drug-likeness (QED) is 0.679. The van der Waals surface area contributed by atoms with Gasteiger partial charge in [-0.05, 0) is 42.3 Å². The van der Waals surface area contributed by atoms with Crippen molar-refractivity contribution in [1.29, 1.82) is 0 Å². The van der Waals surface area contributed by atoms with E-state index in [9.17, 15) is 23.1 Å². The van der Waals surface area contributed by atoms with Crippen molar-refractivity contribution in [1.82, 2.24) is 0 Å². The molecule has 3 nitrogen and oxygen atoms in total. The molecule has 120 valence electrons. The van der Waals surface area contributed by atoms with E-state index in [1.54, 1.807) is 19.1 Å². The molecule has 0 heterocycles. The predicted molar refractivity (Wildman–Crippen MR) is 81.0 cm³/mol. The monoisotopic (exact) mass is 321 g/mol. The first-order chi connectivity index (χ1) is 10.8.